The monoisotopic (exact) mass is 179 g/mol. The van der Waals surface area contributed by atoms with Gasteiger partial charge in [0.2, 0.25) is 0 Å². The zero-order valence-electron chi connectivity index (χ0n) is 6.97. The minimum absolute atomic E-state index is 0.226. The van der Waals surface area contributed by atoms with Crippen molar-refractivity contribution in [2.24, 2.45) is 0 Å². The lowest BCUT2D eigenvalue weighted by Crippen LogP contribution is -2.31. The highest BCUT2D eigenvalue weighted by Gasteiger charge is 2.37. The van der Waals surface area contributed by atoms with E-state index in [0.29, 0.717) is 13.0 Å². The smallest absolute Gasteiger partial charge is 0.148 e. The second kappa shape index (κ2) is 3.74. The van der Waals surface area contributed by atoms with E-state index in [4.69, 9.17) is 4.74 Å². The lowest BCUT2D eigenvalue weighted by molar-refractivity contribution is 0.0526. The average molecular weight is 179 g/mol. The molecule has 0 aromatic rings. The Hall–Kier alpha value is 0.200. The number of halogens is 1. The molecule has 0 saturated carbocycles. The van der Waals surface area contributed by atoms with Crippen LogP contribution < -0.4 is 0 Å². The lowest BCUT2D eigenvalue weighted by Gasteiger charge is -2.18. The number of methoxy groups -OCH3 is 1. The third-order valence-electron chi connectivity index (χ3n) is 1.93. The van der Waals surface area contributed by atoms with Gasteiger partial charge in [-0.15, -0.1) is 0 Å². The molecule has 1 unspecified atom stereocenters. The van der Waals surface area contributed by atoms with E-state index in [-0.39, 0.29) is 6.61 Å². The van der Waals surface area contributed by atoms with Crippen molar-refractivity contribution in [2.75, 3.05) is 33.1 Å². The number of nitrogens with zero attached hydrogens (tertiary/aromatic N) is 1. The quantitative estimate of drug-likeness (QED) is 0.606. The molecule has 0 aromatic carbocycles. The highest BCUT2D eigenvalue weighted by molar-refractivity contribution is 7.96. The minimum Gasteiger partial charge on any atom is -0.381 e. The van der Waals surface area contributed by atoms with E-state index in [0.717, 1.165) is 6.54 Å². The van der Waals surface area contributed by atoms with Gasteiger partial charge in [-0.25, -0.2) is 8.70 Å². The molecule has 0 N–H and O–H groups in total. The van der Waals surface area contributed by atoms with E-state index in [1.165, 1.54) is 0 Å². The van der Waals surface area contributed by atoms with Gasteiger partial charge in [-0.05, 0) is 12.7 Å². The molecule has 0 aliphatic carbocycles. The first-order valence-electron chi connectivity index (χ1n) is 3.67. The maximum absolute atomic E-state index is 13.6. The first-order chi connectivity index (χ1) is 5.20. The van der Waals surface area contributed by atoms with E-state index < -0.39 is 5.67 Å². The van der Waals surface area contributed by atoms with Crippen LogP contribution in [0.5, 0.6) is 0 Å². The number of hydrogen-bond donors (Lipinski definition) is 0. The molecule has 1 heterocycles. The molecule has 1 rings (SSSR count). The summed E-state index contributed by atoms with van der Waals surface area (Å²) in [7, 11) is 1.54. The number of ether oxygens (including phenoxy) is 1. The Labute approximate surface area is 71.2 Å². The van der Waals surface area contributed by atoms with Gasteiger partial charge in [-0.1, -0.05) is 11.9 Å². The Morgan fingerprint density at radius 1 is 1.73 bits per heavy atom. The first kappa shape index (κ1) is 9.29. The van der Waals surface area contributed by atoms with Crippen LogP contribution in [0.3, 0.4) is 0 Å². The summed E-state index contributed by atoms with van der Waals surface area (Å²) >= 11 is 1.60. The summed E-state index contributed by atoms with van der Waals surface area (Å²) in [5, 5.41) is 0. The molecule has 66 valence electrons. The first-order valence-corrected chi connectivity index (χ1v) is 4.85. The van der Waals surface area contributed by atoms with Gasteiger partial charge in [0.25, 0.3) is 0 Å². The maximum Gasteiger partial charge on any atom is 0.148 e. The van der Waals surface area contributed by atoms with Gasteiger partial charge >= 0.3 is 0 Å². The van der Waals surface area contributed by atoms with Crippen LogP contribution in [0, 0.1) is 0 Å². The average Bonchev–Trinajstić information content (AvgIpc) is 2.33. The van der Waals surface area contributed by atoms with Crippen LogP contribution in [-0.4, -0.2) is 43.0 Å². The second-order valence-electron chi connectivity index (χ2n) is 2.88. The summed E-state index contributed by atoms with van der Waals surface area (Å²) in [5.74, 6) is 0. The summed E-state index contributed by atoms with van der Waals surface area (Å²) < 4.78 is 20.4. The molecule has 0 bridgehead atoms. The van der Waals surface area contributed by atoms with Crippen LogP contribution in [0.1, 0.15) is 6.42 Å². The molecule has 1 aliphatic heterocycles. The van der Waals surface area contributed by atoms with E-state index in [1.807, 2.05) is 10.6 Å². The van der Waals surface area contributed by atoms with Crippen molar-refractivity contribution >= 4 is 11.9 Å². The van der Waals surface area contributed by atoms with Crippen LogP contribution in [0.25, 0.3) is 0 Å². The van der Waals surface area contributed by atoms with Crippen molar-refractivity contribution in [3.05, 3.63) is 0 Å². The molecule has 0 spiro atoms. The van der Waals surface area contributed by atoms with E-state index in [9.17, 15) is 4.39 Å². The summed E-state index contributed by atoms with van der Waals surface area (Å²) in [5.41, 5.74) is -1.10. The molecule has 0 radical (unpaired) electrons. The van der Waals surface area contributed by atoms with Crippen molar-refractivity contribution in [3.63, 3.8) is 0 Å². The molecule has 1 atom stereocenters. The van der Waals surface area contributed by atoms with Gasteiger partial charge in [-0.2, -0.15) is 0 Å². The highest BCUT2D eigenvalue weighted by Crippen LogP contribution is 2.28. The Balaban J connectivity index is 2.37. The zero-order chi connectivity index (χ0) is 8.32. The van der Waals surface area contributed by atoms with Crippen LogP contribution in [-0.2, 0) is 4.74 Å². The van der Waals surface area contributed by atoms with Gasteiger partial charge in [0.1, 0.15) is 5.67 Å². The summed E-state index contributed by atoms with van der Waals surface area (Å²) in [6.07, 6.45) is 2.57. The topological polar surface area (TPSA) is 12.5 Å². The van der Waals surface area contributed by atoms with Crippen molar-refractivity contribution in [3.8, 4) is 0 Å². The fraction of sp³-hybridized carbons (Fsp3) is 1.00. The van der Waals surface area contributed by atoms with Gasteiger partial charge in [0.05, 0.1) is 6.61 Å². The van der Waals surface area contributed by atoms with Crippen molar-refractivity contribution in [1.29, 1.82) is 0 Å². The molecular weight excluding hydrogens is 165 g/mol. The highest BCUT2D eigenvalue weighted by atomic mass is 32.2. The Morgan fingerprint density at radius 3 is 2.91 bits per heavy atom. The normalized spacial score (nSPS) is 33.0. The van der Waals surface area contributed by atoms with E-state index in [1.54, 1.807) is 19.1 Å². The largest absolute Gasteiger partial charge is 0.381 e. The van der Waals surface area contributed by atoms with Gasteiger partial charge in [0, 0.05) is 20.2 Å². The lowest BCUT2D eigenvalue weighted by atomic mass is 10.1. The van der Waals surface area contributed by atoms with E-state index >= 15 is 0 Å². The standard InChI is InChI=1S/C7H14FNOS/c1-10-6-7(8)3-4-9(5-7)11-2/h3-6H2,1-2H3. The van der Waals surface area contributed by atoms with Crippen LogP contribution in [0.2, 0.25) is 0 Å². The maximum atomic E-state index is 13.6. The third kappa shape index (κ3) is 2.32. The Morgan fingerprint density at radius 2 is 2.45 bits per heavy atom. The van der Waals surface area contributed by atoms with E-state index in [2.05, 4.69) is 0 Å². The molecule has 0 amide bonds. The van der Waals surface area contributed by atoms with Crippen molar-refractivity contribution in [2.45, 2.75) is 12.1 Å². The third-order valence-corrected chi connectivity index (χ3v) is 2.76. The Kier molecular flexibility index (Phi) is 3.16. The molecule has 1 aliphatic rings. The molecule has 1 fully saturated rings. The zero-order valence-corrected chi connectivity index (χ0v) is 7.79. The fourth-order valence-electron chi connectivity index (χ4n) is 1.33. The number of rotatable bonds is 3. The molecule has 2 nitrogen and oxygen atoms in total. The SMILES string of the molecule is COCC1(F)CCN(SC)C1. The summed E-state index contributed by atoms with van der Waals surface area (Å²) in [4.78, 5) is 0. The number of alkyl halides is 1. The number of hydrogen-bond acceptors (Lipinski definition) is 3. The van der Waals surface area contributed by atoms with Crippen LogP contribution >= 0.6 is 11.9 Å². The predicted octanol–water partition coefficient (Wildman–Crippen LogP) is 1.32. The van der Waals surface area contributed by atoms with Gasteiger partial charge < -0.3 is 4.74 Å². The summed E-state index contributed by atoms with van der Waals surface area (Å²) in [6, 6.07) is 0. The molecule has 0 aromatic heterocycles. The molecule has 1 saturated heterocycles. The predicted molar refractivity (Wildman–Crippen MR) is 45.4 cm³/mol. The van der Waals surface area contributed by atoms with Crippen LogP contribution in [0.15, 0.2) is 0 Å². The van der Waals surface area contributed by atoms with Crippen molar-refractivity contribution < 1.29 is 9.13 Å². The minimum atomic E-state index is -1.10. The van der Waals surface area contributed by atoms with Crippen molar-refractivity contribution in [1.82, 2.24) is 4.31 Å². The molecule has 11 heavy (non-hydrogen) atoms. The van der Waals surface area contributed by atoms with Gasteiger partial charge in [-0.3, -0.25) is 0 Å². The Bertz CT molecular complexity index is 136. The fourth-order valence-corrected chi connectivity index (χ4v) is 1.97. The summed E-state index contributed by atoms with van der Waals surface area (Å²) in [6.45, 7) is 1.56. The molecular formula is C7H14FNOS. The van der Waals surface area contributed by atoms with Crippen LogP contribution in [0.4, 0.5) is 4.39 Å². The second-order valence-corrected chi connectivity index (χ2v) is 3.76. The molecule has 4 heteroatoms. The van der Waals surface area contributed by atoms with Gasteiger partial charge in [0.15, 0.2) is 0 Å².